The molecule has 0 saturated carbocycles. The van der Waals surface area contributed by atoms with Gasteiger partial charge >= 0.3 is 6.18 Å². The molecule has 9 heteroatoms. The summed E-state index contributed by atoms with van der Waals surface area (Å²) in [5, 5.41) is 7.82. The monoisotopic (exact) mass is 420 g/mol. The van der Waals surface area contributed by atoms with Gasteiger partial charge in [-0.2, -0.15) is 13.2 Å². The van der Waals surface area contributed by atoms with Gasteiger partial charge in [0.25, 0.3) is 5.91 Å². The SMILES string of the molecule is Cc1ccccc1-n1nnc2c1CCN(C(=O)c1cccc(C(F)(F)F)c1Cl)C2. The standard InChI is InChI=1S/C20H16ClF3N4O/c1-12-5-2-3-8-16(12)28-17-9-10-27(11-15(17)25-26-28)19(29)13-6-4-7-14(18(13)21)20(22,23)24/h2-8H,9-11H2,1H3. The predicted octanol–water partition coefficient (Wildman–Crippen LogP) is 4.45. The van der Waals surface area contributed by atoms with Crippen molar-refractivity contribution in [2.24, 2.45) is 0 Å². The molecule has 150 valence electrons. The molecule has 0 N–H and O–H groups in total. The van der Waals surface area contributed by atoms with E-state index in [-0.39, 0.29) is 12.1 Å². The van der Waals surface area contributed by atoms with Crippen LogP contribution in [0.15, 0.2) is 42.5 Å². The second kappa shape index (κ2) is 7.18. The van der Waals surface area contributed by atoms with Crippen molar-refractivity contribution in [2.45, 2.75) is 26.1 Å². The minimum Gasteiger partial charge on any atom is -0.332 e. The Hall–Kier alpha value is -2.87. The van der Waals surface area contributed by atoms with E-state index < -0.39 is 22.7 Å². The van der Waals surface area contributed by atoms with E-state index >= 15 is 0 Å². The molecule has 0 fully saturated rings. The average molecular weight is 421 g/mol. The van der Waals surface area contributed by atoms with Crippen LogP contribution in [0.25, 0.3) is 5.69 Å². The van der Waals surface area contributed by atoms with Crippen molar-refractivity contribution in [3.63, 3.8) is 0 Å². The Labute approximate surface area is 169 Å². The van der Waals surface area contributed by atoms with E-state index in [9.17, 15) is 18.0 Å². The van der Waals surface area contributed by atoms with Crippen LogP contribution >= 0.6 is 11.6 Å². The molecule has 1 aromatic heterocycles. The fourth-order valence-corrected chi connectivity index (χ4v) is 3.77. The lowest BCUT2D eigenvalue weighted by atomic mass is 10.1. The number of aryl methyl sites for hydroxylation is 1. The second-order valence-corrected chi connectivity index (χ2v) is 7.20. The lowest BCUT2D eigenvalue weighted by molar-refractivity contribution is -0.137. The summed E-state index contributed by atoms with van der Waals surface area (Å²) >= 11 is 5.91. The molecule has 5 nitrogen and oxygen atoms in total. The van der Waals surface area contributed by atoms with Gasteiger partial charge in [0, 0.05) is 13.0 Å². The molecule has 0 spiro atoms. The Bertz CT molecular complexity index is 1090. The third kappa shape index (κ3) is 3.48. The van der Waals surface area contributed by atoms with Gasteiger partial charge < -0.3 is 4.90 Å². The molecule has 1 amide bonds. The summed E-state index contributed by atoms with van der Waals surface area (Å²) in [6.07, 6.45) is -4.14. The highest BCUT2D eigenvalue weighted by atomic mass is 35.5. The zero-order valence-corrected chi connectivity index (χ0v) is 16.1. The summed E-state index contributed by atoms with van der Waals surface area (Å²) in [5.41, 5.74) is 2.26. The summed E-state index contributed by atoms with van der Waals surface area (Å²) in [6.45, 7) is 2.46. The number of fused-ring (bicyclic) bond motifs is 1. The van der Waals surface area contributed by atoms with Crippen LogP contribution in [0.4, 0.5) is 13.2 Å². The zero-order chi connectivity index (χ0) is 20.8. The van der Waals surface area contributed by atoms with Crippen LogP contribution in [0.3, 0.4) is 0 Å². The third-order valence-corrected chi connectivity index (χ3v) is 5.38. The number of hydrogen-bond donors (Lipinski definition) is 0. The maximum atomic E-state index is 13.1. The lowest BCUT2D eigenvalue weighted by Crippen LogP contribution is -2.36. The van der Waals surface area contributed by atoms with Crippen LogP contribution in [0.1, 0.15) is 32.9 Å². The van der Waals surface area contributed by atoms with E-state index in [1.807, 2.05) is 31.2 Å². The molecule has 29 heavy (non-hydrogen) atoms. The van der Waals surface area contributed by atoms with Crippen molar-refractivity contribution in [1.82, 2.24) is 19.9 Å². The van der Waals surface area contributed by atoms with Crippen LogP contribution in [0, 0.1) is 6.92 Å². The Morgan fingerprint density at radius 2 is 1.90 bits per heavy atom. The molecule has 0 bridgehead atoms. The molecule has 1 aliphatic heterocycles. The lowest BCUT2D eigenvalue weighted by Gasteiger charge is -2.27. The first-order chi connectivity index (χ1) is 13.8. The van der Waals surface area contributed by atoms with Gasteiger partial charge in [-0.1, -0.05) is 41.1 Å². The van der Waals surface area contributed by atoms with Gasteiger partial charge in [-0.15, -0.1) is 5.10 Å². The normalized spacial score (nSPS) is 14.0. The number of alkyl halides is 3. The van der Waals surface area contributed by atoms with Crippen molar-refractivity contribution in [2.75, 3.05) is 6.54 Å². The molecule has 4 rings (SSSR count). The van der Waals surface area contributed by atoms with Gasteiger partial charge in [0.1, 0.15) is 5.69 Å². The fourth-order valence-electron chi connectivity index (χ4n) is 3.46. The highest BCUT2D eigenvalue weighted by molar-refractivity contribution is 6.34. The van der Waals surface area contributed by atoms with Gasteiger partial charge in [-0.25, -0.2) is 4.68 Å². The van der Waals surface area contributed by atoms with E-state index in [1.54, 1.807) is 4.68 Å². The van der Waals surface area contributed by atoms with Gasteiger partial charge in [0.05, 0.1) is 34.1 Å². The summed E-state index contributed by atoms with van der Waals surface area (Å²) in [6, 6.07) is 11.1. The first kappa shape index (κ1) is 19.4. The van der Waals surface area contributed by atoms with Crippen molar-refractivity contribution < 1.29 is 18.0 Å². The Morgan fingerprint density at radius 3 is 2.62 bits per heavy atom. The van der Waals surface area contributed by atoms with Crippen LogP contribution in [0.2, 0.25) is 5.02 Å². The van der Waals surface area contributed by atoms with Crippen LogP contribution in [0.5, 0.6) is 0 Å². The topological polar surface area (TPSA) is 51.0 Å². The molecule has 0 unspecified atom stereocenters. The predicted molar refractivity (Wildman–Crippen MR) is 101 cm³/mol. The number of amides is 1. The van der Waals surface area contributed by atoms with E-state index in [4.69, 9.17) is 11.6 Å². The second-order valence-electron chi connectivity index (χ2n) is 6.82. The number of halogens is 4. The quantitative estimate of drug-likeness (QED) is 0.615. The summed E-state index contributed by atoms with van der Waals surface area (Å²) in [4.78, 5) is 14.3. The van der Waals surface area contributed by atoms with E-state index in [0.717, 1.165) is 23.0 Å². The van der Waals surface area contributed by atoms with Crippen molar-refractivity contribution in [3.8, 4) is 5.69 Å². The van der Waals surface area contributed by atoms with Gasteiger partial charge in [0.15, 0.2) is 0 Å². The Balaban J connectivity index is 1.62. The van der Waals surface area contributed by atoms with Crippen molar-refractivity contribution in [1.29, 1.82) is 0 Å². The smallest absolute Gasteiger partial charge is 0.332 e. The minimum absolute atomic E-state index is 0.159. The molecule has 0 saturated heterocycles. The molecule has 2 aromatic carbocycles. The molecule has 2 heterocycles. The van der Waals surface area contributed by atoms with Crippen LogP contribution in [-0.4, -0.2) is 32.3 Å². The number of carbonyl (C=O) groups excluding carboxylic acids is 1. The fraction of sp³-hybridized carbons (Fsp3) is 0.250. The first-order valence-corrected chi connectivity index (χ1v) is 9.29. The molecule has 1 aliphatic rings. The molecule has 3 aromatic rings. The van der Waals surface area contributed by atoms with Gasteiger partial charge in [-0.3, -0.25) is 4.79 Å². The summed E-state index contributed by atoms with van der Waals surface area (Å²) in [5.74, 6) is -0.558. The van der Waals surface area contributed by atoms with Gasteiger partial charge in [0.2, 0.25) is 0 Å². The number of nitrogens with zero attached hydrogens (tertiary/aromatic N) is 4. The van der Waals surface area contributed by atoms with Crippen molar-refractivity contribution in [3.05, 3.63) is 75.6 Å². The number of para-hydroxylation sites is 1. The Morgan fingerprint density at radius 1 is 1.14 bits per heavy atom. The number of carbonyl (C=O) groups is 1. The molecular formula is C20H16ClF3N4O. The zero-order valence-electron chi connectivity index (χ0n) is 15.4. The first-order valence-electron chi connectivity index (χ1n) is 8.92. The minimum atomic E-state index is -4.63. The molecule has 0 atom stereocenters. The molecular weight excluding hydrogens is 405 g/mol. The maximum Gasteiger partial charge on any atom is 0.417 e. The largest absolute Gasteiger partial charge is 0.417 e. The van der Waals surface area contributed by atoms with E-state index in [1.165, 1.54) is 17.0 Å². The van der Waals surface area contributed by atoms with Crippen LogP contribution in [-0.2, 0) is 19.1 Å². The van der Waals surface area contributed by atoms with E-state index in [2.05, 4.69) is 10.3 Å². The number of rotatable bonds is 2. The highest BCUT2D eigenvalue weighted by Gasteiger charge is 2.36. The average Bonchev–Trinajstić information content (AvgIpc) is 3.10. The van der Waals surface area contributed by atoms with E-state index in [0.29, 0.717) is 18.7 Å². The Kier molecular flexibility index (Phi) is 4.82. The third-order valence-electron chi connectivity index (χ3n) is 4.97. The maximum absolute atomic E-state index is 13.1. The molecule has 0 radical (unpaired) electrons. The van der Waals surface area contributed by atoms with Crippen molar-refractivity contribution >= 4 is 17.5 Å². The summed E-state index contributed by atoms with van der Waals surface area (Å²) < 4.78 is 41.0. The number of hydrogen-bond acceptors (Lipinski definition) is 3. The highest BCUT2D eigenvalue weighted by Crippen LogP contribution is 2.37. The molecule has 0 aliphatic carbocycles. The number of benzene rings is 2. The van der Waals surface area contributed by atoms with Gasteiger partial charge in [-0.05, 0) is 30.7 Å². The van der Waals surface area contributed by atoms with Crippen LogP contribution < -0.4 is 0 Å². The summed E-state index contributed by atoms with van der Waals surface area (Å²) in [7, 11) is 0. The number of aromatic nitrogens is 3.